The molecular formula is C36H49N5O2S2. The van der Waals surface area contributed by atoms with Crippen molar-refractivity contribution in [3.05, 3.63) is 58.2 Å². The zero-order valence-corrected chi connectivity index (χ0v) is 29.6. The Bertz CT molecular complexity index is 1600. The highest BCUT2D eigenvalue weighted by Gasteiger charge is 2.28. The minimum Gasteiger partial charge on any atom is -0.375 e. The molecule has 45 heavy (non-hydrogen) atoms. The van der Waals surface area contributed by atoms with E-state index in [4.69, 9.17) is 14.7 Å². The van der Waals surface area contributed by atoms with Gasteiger partial charge in [-0.15, -0.1) is 23.1 Å². The highest BCUT2D eigenvalue weighted by atomic mass is 32.2. The molecule has 0 aliphatic carbocycles. The molecule has 1 saturated heterocycles. The lowest BCUT2D eigenvalue weighted by atomic mass is 9.94. The third-order valence-electron chi connectivity index (χ3n) is 8.99. The van der Waals surface area contributed by atoms with Gasteiger partial charge in [0.25, 0.3) is 0 Å². The summed E-state index contributed by atoms with van der Waals surface area (Å²) in [5.74, 6) is 0.602. The van der Waals surface area contributed by atoms with Crippen molar-refractivity contribution in [2.75, 3.05) is 19.9 Å². The Labute approximate surface area is 277 Å². The second-order valence-corrected chi connectivity index (χ2v) is 14.5. The van der Waals surface area contributed by atoms with Gasteiger partial charge in [0.05, 0.1) is 33.6 Å². The zero-order chi connectivity index (χ0) is 32.1. The Morgan fingerprint density at radius 1 is 1.18 bits per heavy atom. The molecule has 1 aliphatic heterocycles. The number of hydrogen-bond acceptors (Lipinski definition) is 7. The molecule has 1 aliphatic rings. The number of thioether (sulfide) groups is 1. The molecule has 3 aromatic heterocycles. The van der Waals surface area contributed by atoms with Crippen molar-refractivity contribution in [3.8, 4) is 22.5 Å². The van der Waals surface area contributed by atoms with E-state index in [0.29, 0.717) is 17.7 Å². The van der Waals surface area contributed by atoms with Crippen LogP contribution in [0.5, 0.6) is 0 Å². The number of aryl methyl sites for hydroxylation is 1. The van der Waals surface area contributed by atoms with Gasteiger partial charge in [0.15, 0.2) is 0 Å². The molecule has 7 nitrogen and oxygen atoms in total. The Morgan fingerprint density at radius 3 is 2.71 bits per heavy atom. The number of carbonyl (C=O) groups excluding carboxylic acids is 1. The first-order valence-corrected chi connectivity index (χ1v) is 18.6. The number of rotatable bonds is 12. The van der Waals surface area contributed by atoms with Gasteiger partial charge < -0.3 is 9.30 Å². The second-order valence-electron chi connectivity index (χ2n) is 12.5. The molecule has 0 radical (unpaired) electrons. The Morgan fingerprint density at radius 2 is 2.00 bits per heavy atom. The lowest BCUT2D eigenvalue weighted by molar-refractivity contribution is -0.139. The maximum Gasteiger partial charge on any atom is 0.240 e. The summed E-state index contributed by atoms with van der Waals surface area (Å²) >= 11 is 3.45. The van der Waals surface area contributed by atoms with E-state index in [9.17, 15) is 4.79 Å². The maximum absolute atomic E-state index is 13.6. The first-order chi connectivity index (χ1) is 21.8. The summed E-state index contributed by atoms with van der Waals surface area (Å²) in [5.41, 5.74) is 11.5. The number of amides is 1. The van der Waals surface area contributed by atoms with Crippen molar-refractivity contribution in [2.24, 2.45) is 11.8 Å². The molecule has 9 heteroatoms. The molecule has 0 saturated carbocycles. The van der Waals surface area contributed by atoms with Gasteiger partial charge in [-0.1, -0.05) is 26.8 Å². The number of aromatic nitrogens is 3. The van der Waals surface area contributed by atoms with E-state index in [2.05, 4.69) is 80.5 Å². The molecular weight excluding hydrogens is 599 g/mol. The van der Waals surface area contributed by atoms with E-state index in [1.165, 1.54) is 22.2 Å². The van der Waals surface area contributed by atoms with Gasteiger partial charge in [0, 0.05) is 66.1 Å². The highest BCUT2D eigenvalue weighted by Crippen LogP contribution is 2.40. The number of nitrogens with one attached hydrogen (secondary N) is 1. The number of benzene rings is 1. The predicted octanol–water partition coefficient (Wildman–Crippen LogP) is 8.53. The van der Waals surface area contributed by atoms with Crippen LogP contribution >= 0.6 is 23.1 Å². The number of fused-ring (bicyclic) bond motifs is 1. The van der Waals surface area contributed by atoms with E-state index in [-0.39, 0.29) is 17.9 Å². The monoisotopic (exact) mass is 647 g/mol. The van der Waals surface area contributed by atoms with Crippen molar-refractivity contribution in [1.82, 2.24) is 25.0 Å². The van der Waals surface area contributed by atoms with Gasteiger partial charge in [0.1, 0.15) is 0 Å². The SMILES string of the molecule is CCC(Cc1nc(-c2ccc3c(c2)c(CC(C)C)c(-c2cccnc2C(C)OC)n3CC)cs1)C(=O)N1CCCCC(SC)N1. The number of ether oxygens (including phenoxy) is 1. The summed E-state index contributed by atoms with van der Waals surface area (Å²) in [6.07, 6.45) is 9.57. The fourth-order valence-corrected chi connectivity index (χ4v) is 8.03. The van der Waals surface area contributed by atoms with Crippen LogP contribution < -0.4 is 5.43 Å². The average molecular weight is 648 g/mol. The average Bonchev–Trinajstić information content (AvgIpc) is 3.55. The van der Waals surface area contributed by atoms with Crippen LogP contribution in [0.2, 0.25) is 0 Å². The molecule has 0 spiro atoms. The summed E-state index contributed by atoms with van der Waals surface area (Å²) in [4.78, 5) is 23.4. The van der Waals surface area contributed by atoms with Crippen LogP contribution in [0.25, 0.3) is 33.4 Å². The fourth-order valence-electron chi connectivity index (χ4n) is 6.51. The van der Waals surface area contributed by atoms with E-state index in [0.717, 1.165) is 72.7 Å². The summed E-state index contributed by atoms with van der Waals surface area (Å²) in [7, 11) is 1.74. The van der Waals surface area contributed by atoms with Crippen LogP contribution in [-0.4, -0.2) is 50.7 Å². The third-order valence-corrected chi connectivity index (χ3v) is 10.8. The molecule has 242 valence electrons. The van der Waals surface area contributed by atoms with Gasteiger partial charge >= 0.3 is 0 Å². The van der Waals surface area contributed by atoms with Crippen molar-refractivity contribution >= 4 is 39.9 Å². The molecule has 3 unspecified atom stereocenters. The number of hydrogen-bond donors (Lipinski definition) is 1. The number of hydrazine groups is 1. The van der Waals surface area contributed by atoms with Gasteiger partial charge in [-0.25, -0.2) is 10.4 Å². The molecule has 1 N–H and O–H groups in total. The van der Waals surface area contributed by atoms with Crippen LogP contribution in [0.1, 0.15) is 82.7 Å². The van der Waals surface area contributed by atoms with Crippen molar-refractivity contribution in [2.45, 2.75) is 91.2 Å². The second kappa shape index (κ2) is 15.2. The number of carbonyl (C=O) groups is 1. The highest BCUT2D eigenvalue weighted by molar-refractivity contribution is 7.99. The molecule has 4 aromatic rings. The van der Waals surface area contributed by atoms with E-state index >= 15 is 0 Å². The lowest BCUT2D eigenvalue weighted by Crippen LogP contribution is -2.48. The van der Waals surface area contributed by atoms with Crippen LogP contribution in [0.3, 0.4) is 0 Å². The third kappa shape index (κ3) is 7.32. The molecule has 3 atom stereocenters. The molecule has 5 rings (SSSR count). The summed E-state index contributed by atoms with van der Waals surface area (Å²) in [5, 5.41) is 6.63. The standard InChI is InChI=1S/C36H49N5O2S2/c1-8-25(36(42)41-18-11-10-14-32(39-41)44-7)21-33-38-30(22-45-33)26-15-16-31-28(20-26)29(19-23(3)4)35(40(31)9-2)27-13-12-17-37-34(27)24(5)43-6/h12-13,15-17,20,22-25,32,39H,8-11,14,18-19,21H2,1-7H3. The van der Waals surface area contributed by atoms with Crippen LogP contribution in [0.4, 0.5) is 0 Å². The summed E-state index contributed by atoms with van der Waals surface area (Å²) in [6.45, 7) is 12.6. The Kier molecular flexibility index (Phi) is 11.4. The van der Waals surface area contributed by atoms with Gasteiger partial charge in [-0.05, 0) is 88.0 Å². The minimum atomic E-state index is -0.110. The topological polar surface area (TPSA) is 72.3 Å². The Balaban J connectivity index is 1.49. The van der Waals surface area contributed by atoms with Crippen LogP contribution in [-0.2, 0) is 28.9 Å². The zero-order valence-electron chi connectivity index (χ0n) is 27.9. The largest absolute Gasteiger partial charge is 0.375 e. The molecule has 0 bridgehead atoms. The first kappa shape index (κ1) is 33.6. The summed E-state index contributed by atoms with van der Waals surface area (Å²) < 4.78 is 8.17. The van der Waals surface area contributed by atoms with Crippen molar-refractivity contribution in [1.29, 1.82) is 0 Å². The number of methoxy groups -OCH3 is 1. The van der Waals surface area contributed by atoms with Crippen LogP contribution in [0, 0.1) is 11.8 Å². The number of pyridine rings is 1. The number of nitrogens with zero attached hydrogens (tertiary/aromatic N) is 4. The minimum absolute atomic E-state index is 0.0819. The smallest absolute Gasteiger partial charge is 0.240 e. The summed E-state index contributed by atoms with van der Waals surface area (Å²) in [6, 6.07) is 11.0. The quantitative estimate of drug-likeness (QED) is 0.166. The van der Waals surface area contributed by atoms with Gasteiger partial charge in [0.2, 0.25) is 5.91 Å². The molecule has 1 aromatic carbocycles. The van der Waals surface area contributed by atoms with E-state index in [1.807, 2.05) is 17.3 Å². The fraction of sp³-hybridized carbons (Fsp3) is 0.528. The Hall–Kier alpha value is -2.72. The van der Waals surface area contributed by atoms with E-state index < -0.39 is 0 Å². The van der Waals surface area contributed by atoms with Gasteiger partial charge in [-0.3, -0.25) is 14.8 Å². The first-order valence-electron chi connectivity index (χ1n) is 16.5. The van der Waals surface area contributed by atoms with Crippen molar-refractivity contribution < 1.29 is 9.53 Å². The maximum atomic E-state index is 13.6. The predicted molar refractivity (Wildman–Crippen MR) is 189 cm³/mol. The van der Waals surface area contributed by atoms with Crippen molar-refractivity contribution in [3.63, 3.8) is 0 Å². The molecule has 4 heterocycles. The van der Waals surface area contributed by atoms with E-state index in [1.54, 1.807) is 30.2 Å². The number of thiazole rings is 1. The normalized spacial score (nSPS) is 17.2. The van der Waals surface area contributed by atoms with Gasteiger partial charge in [-0.2, -0.15) is 0 Å². The molecule has 1 fully saturated rings. The molecule has 1 amide bonds. The van der Waals surface area contributed by atoms with Crippen LogP contribution in [0.15, 0.2) is 41.9 Å². The lowest BCUT2D eigenvalue weighted by Gasteiger charge is -2.28.